The van der Waals surface area contributed by atoms with Crippen LogP contribution in [0.1, 0.15) is 15.9 Å². The van der Waals surface area contributed by atoms with Crippen LogP contribution in [0.25, 0.3) is 0 Å². The Balaban J connectivity index is 2.18. The Kier molecular flexibility index (Phi) is 4.15. The second-order valence-electron chi connectivity index (χ2n) is 4.02. The van der Waals surface area contributed by atoms with Gasteiger partial charge in [0.2, 0.25) is 0 Å². The minimum atomic E-state index is -0.974. The summed E-state index contributed by atoms with van der Waals surface area (Å²) >= 11 is 0. The number of hydrogen-bond acceptors (Lipinski definition) is 3. The van der Waals surface area contributed by atoms with Crippen LogP contribution in [0.4, 0.5) is 0 Å². The molecule has 4 nitrogen and oxygen atoms in total. The number of ether oxygens (including phenoxy) is 2. The third-order valence-corrected chi connectivity index (χ3v) is 2.53. The summed E-state index contributed by atoms with van der Waals surface area (Å²) in [5.41, 5.74) is 1.19. The number of carboxylic acid groups (broad SMARTS) is 1. The van der Waals surface area contributed by atoms with Crippen molar-refractivity contribution in [1.29, 1.82) is 0 Å². The van der Waals surface area contributed by atoms with Crippen LogP contribution in [0.5, 0.6) is 11.5 Å². The summed E-state index contributed by atoms with van der Waals surface area (Å²) < 4.78 is 10.7. The van der Waals surface area contributed by atoms with E-state index in [0.717, 1.165) is 5.56 Å². The first-order valence-corrected chi connectivity index (χ1v) is 5.78. The maximum absolute atomic E-state index is 10.9. The molecule has 0 radical (unpaired) electrons. The third-order valence-electron chi connectivity index (χ3n) is 2.53. The first-order valence-electron chi connectivity index (χ1n) is 5.78. The van der Waals surface area contributed by atoms with Crippen LogP contribution < -0.4 is 4.74 Å². The van der Waals surface area contributed by atoms with Crippen molar-refractivity contribution >= 4 is 5.97 Å². The van der Waals surface area contributed by atoms with Crippen LogP contribution in [0.3, 0.4) is 0 Å². The van der Waals surface area contributed by atoms with Crippen molar-refractivity contribution in [3.8, 4) is 11.5 Å². The lowest BCUT2D eigenvalue weighted by Crippen LogP contribution is -1.96. The zero-order valence-corrected chi connectivity index (χ0v) is 10.5. The number of carboxylic acids is 1. The first kappa shape index (κ1) is 13.1. The molecule has 4 heteroatoms. The highest BCUT2D eigenvalue weighted by Crippen LogP contribution is 2.23. The van der Waals surface area contributed by atoms with Crippen molar-refractivity contribution in [3.05, 3.63) is 59.7 Å². The molecule has 0 aliphatic rings. The van der Waals surface area contributed by atoms with Gasteiger partial charge < -0.3 is 14.6 Å². The zero-order valence-electron chi connectivity index (χ0n) is 10.5. The van der Waals surface area contributed by atoms with Gasteiger partial charge in [0.15, 0.2) is 0 Å². The van der Waals surface area contributed by atoms with E-state index in [1.165, 1.54) is 12.1 Å². The molecule has 0 fully saturated rings. The van der Waals surface area contributed by atoms with Gasteiger partial charge in [-0.1, -0.05) is 18.2 Å². The molecule has 2 aromatic carbocycles. The Morgan fingerprint density at radius 1 is 1.11 bits per heavy atom. The van der Waals surface area contributed by atoms with Gasteiger partial charge >= 0.3 is 5.97 Å². The SMILES string of the molecule is COCc1cccc(Oc2cccc(C(=O)O)c2)c1. The van der Waals surface area contributed by atoms with Crippen LogP contribution in [-0.2, 0) is 11.3 Å². The molecule has 19 heavy (non-hydrogen) atoms. The lowest BCUT2D eigenvalue weighted by Gasteiger charge is -2.08. The van der Waals surface area contributed by atoms with Crippen LogP contribution >= 0.6 is 0 Å². The second-order valence-corrected chi connectivity index (χ2v) is 4.02. The molecule has 0 atom stereocenters. The van der Waals surface area contributed by atoms with E-state index in [1.807, 2.05) is 24.3 Å². The molecule has 0 heterocycles. The fraction of sp³-hybridized carbons (Fsp3) is 0.133. The lowest BCUT2D eigenvalue weighted by atomic mass is 10.2. The Bertz CT molecular complexity index is 578. The highest BCUT2D eigenvalue weighted by atomic mass is 16.5. The second kappa shape index (κ2) is 6.02. The number of carbonyl (C=O) groups is 1. The van der Waals surface area contributed by atoms with E-state index in [9.17, 15) is 4.79 Å². The van der Waals surface area contributed by atoms with E-state index in [-0.39, 0.29) is 5.56 Å². The predicted molar refractivity (Wildman–Crippen MR) is 70.6 cm³/mol. The molecule has 0 spiro atoms. The monoisotopic (exact) mass is 258 g/mol. The van der Waals surface area contributed by atoms with Gasteiger partial charge in [0.1, 0.15) is 11.5 Å². The predicted octanol–water partition coefficient (Wildman–Crippen LogP) is 3.32. The molecule has 1 N–H and O–H groups in total. The highest BCUT2D eigenvalue weighted by molar-refractivity contribution is 5.88. The minimum absolute atomic E-state index is 0.200. The summed E-state index contributed by atoms with van der Waals surface area (Å²) in [4.78, 5) is 10.9. The summed E-state index contributed by atoms with van der Waals surface area (Å²) in [6.07, 6.45) is 0. The molecule has 2 aromatic rings. The molecular weight excluding hydrogens is 244 g/mol. The molecule has 0 bridgehead atoms. The van der Waals surface area contributed by atoms with Gasteiger partial charge in [-0.15, -0.1) is 0 Å². The molecule has 98 valence electrons. The van der Waals surface area contributed by atoms with Gasteiger partial charge in [-0.25, -0.2) is 4.79 Å². The maximum Gasteiger partial charge on any atom is 0.335 e. The lowest BCUT2D eigenvalue weighted by molar-refractivity contribution is 0.0696. The van der Waals surface area contributed by atoms with E-state index >= 15 is 0 Å². The Morgan fingerprint density at radius 3 is 2.47 bits per heavy atom. The number of methoxy groups -OCH3 is 1. The molecule has 0 aliphatic carbocycles. The number of benzene rings is 2. The first-order chi connectivity index (χ1) is 9.19. The standard InChI is InChI=1S/C15H14O4/c1-18-10-11-4-2-6-13(8-11)19-14-7-3-5-12(9-14)15(16)17/h2-9H,10H2,1H3,(H,16,17). The normalized spacial score (nSPS) is 10.2. The van der Waals surface area contributed by atoms with Gasteiger partial charge in [0, 0.05) is 7.11 Å². The summed E-state index contributed by atoms with van der Waals surface area (Å²) in [6, 6.07) is 13.9. The maximum atomic E-state index is 10.9. The summed E-state index contributed by atoms with van der Waals surface area (Å²) in [5, 5.41) is 8.92. The minimum Gasteiger partial charge on any atom is -0.478 e. The molecule has 0 aromatic heterocycles. The van der Waals surface area contributed by atoms with Crippen molar-refractivity contribution < 1.29 is 19.4 Å². The average molecular weight is 258 g/mol. The van der Waals surface area contributed by atoms with Crippen molar-refractivity contribution in [2.24, 2.45) is 0 Å². The summed E-state index contributed by atoms with van der Waals surface area (Å²) in [6.45, 7) is 0.506. The van der Waals surface area contributed by atoms with E-state index in [0.29, 0.717) is 18.1 Å². The van der Waals surface area contributed by atoms with Gasteiger partial charge in [-0.2, -0.15) is 0 Å². The number of rotatable bonds is 5. The average Bonchev–Trinajstić information content (AvgIpc) is 2.40. The van der Waals surface area contributed by atoms with Crippen molar-refractivity contribution in [3.63, 3.8) is 0 Å². The Morgan fingerprint density at radius 2 is 1.79 bits per heavy atom. The number of aromatic carboxylic acids is 1. The van der Waals surface area contributed by atoms with Crippen LogP contribution in [0.2, 0.25) is 0 Å². The smallest absolute Gasteiger partial charge is 0.335 e. The highest BCUT2D eigenvalue weighted by Gasteiger charge is 2.05. The van der Waals surface area contributed by atoms with Crippen LogP contribution in [0, 0.1) is 0 Å². The number of hydrogen-bond donors (Lipinski definition) is 1. The molecular formula is C15H14O4. The van der Waals surface area contributed by atoms with E-state index in [1.54, 1.807) is 19.2 Å². The van der Waals surface area contributed by atoms with Crippen LogP contribution in [-0.4, -0.2) is 18.2 Å². The van der Waals surface area contributed by atoms with E-state index < -0.39 is 5.97 Å². The Labute approximate surface area is 111 Å². The molecule has 2 rings (SSSR count). The van der Waals surface area contributed by atoms with Crippen molar-refractivity contribution in [2.45, 2.75) is 6.61 Å². The molecule has 0 saturated heterocycles. The van der Waals surface area contributed by atoms with Gasteiger partial charge in [0.05, 0.1) is 12.2 Å². The fourth-order valence-electron chi connectivity index (χ4n) is 1.69. The molecule has 0 aliphatic heterocycles. The third kappa shape index (κ3) is 3.56. The molecule has 0 unspecified atom stereocenters. The molecule has 0 amide bonds. The summed E-state index contributed by atoms with van der Waals surface area (Å²) in [5.74, 6) is 0.171. The van der Waals surface area contributed by atoms with Crippen molar-refractivity contribution in [1.82, 2.24) is 0 Å². The van der Waals surface area contributed by atoms with Crippen molar-refractivity contribution in [2.75, 3.05) is 7.11 Å². The van der Waals surface area contributed by atoms with Crippen LogP contribution in [0.15, 0.2) is 48.5 Å². The Hall–Kier alpha value is -2.33. The van der Waals surface area contributed by atoms with E-state index in [2.05, 4.69) is 0 Å². The quantitative estimate of drug-likeness (QED) is 0.893. The van der Waals surface area contributed by atoms with Gasteiger partial charge in [0.25, 0.3) is 0 Å². The molecule has 0 saturated carbocycles. The topological polar surface area (TPSA) is 55.8 Å². The summed E-state index contributed by atoms with van der Waals surface area (Å²) in [7, 11) is 1.63. The van der Waals surface area contributed by atoms with Gasteiger partial charge in [-0.05, 0) is 35.9 Å². The largest absolute Gasteiger partial charge is 0.478 e. The zero-order chi connectivity index (χ0) is 13.7. The van der Waals surface area contributed by atoms with E-state index in [4.69, 9.17) is 14.6 Å². The fourth-order valence-corrected chi connectivity index (χ4v) is 1.69. The van der Waals surface area contributed by atoms with Gasteiger partial charge in [-0.3, -0.25) is 0 Å².